The molecule has 7 nitrogen and oxygen atoms in total. The fourth-order valence-electron chi connectivity index (χ4n) is 4.26. The molecule has 0 bridgehead atoms. The summed E-state index contributed by atoms with van der Waals surface area (Å²) in [6, 6.07) is 5.88. The molecule has 194 valence electrons. The summed E-state index contributed by atoms with van der Waals surface area (Å²) in [5.74, 6) is 6.84. The number of pyridine rings is 1. The normalized spacial score (nSPS) is 13.4. The maximum absolute atomic E-state index is 15.3. The number of hydrogen-bond donors (Lipinski definition) is 1. The predicted molar refractivity (Wildman–Crippen MR) is 142 cm³/mol. The number of hydrogen-bond acceptors (Lipinski definition) is 6. The molecule has 1 saturated heterocycles. The van der Waals surface area contributed by atoms with Crippen molar-refractivity contribution in [3.8, 4) is 35.4 Å². The second-order valence-corrected chi connectivity index (χ2v) is 8.73. The van der Waals surface area contributed by atoms with Crippen LogP contribution in [0.3, 0.4) is 0 Å². The number of carbonyl (C=O) groups is 1. The number of piperazine rings is 1. The SMILES string of the molecule is C#CCCN1CCN(C(=O)c2c(F)cc(-c3ncnc(CC)c3C#Cc3ccc(NC)nc3)cc2F)CC1. The summed E-state index contributed by atoms with van der Waals surface area (Å²) in [6.07, 6.45) is 9.46. The first-order valence-electron chi connectivity index (χ1n) is 12.4. The average molecular weight is 515 g/mol. The van der Waals surface area contributed by atoms with Gasteiger partial charge in [0.05, 0.1) is 17.0 Å². The number of terminal acetylenes is 1. The Bertz CT molecular complexity index is 1390. The van der Waals surface area contributed by atoms with Gasteiger partial charge < -0.3 is 10.2 Å². The lowest BCUT2D eigenvalue weighted by Crippen LogP contribution is -2.49. The quantitative estimate of drug-likeness (QED) is 0.507. The van der Waals surface area contributed by atoms with Crippen molar-refractivity contribution in [3.05, 3.63) is 70.8 Å². The zero-order valence-corrected chi connectivity index (χ0v) is 21.4. The monoisotopic (exact) mass is 514 g/mol. The molecule has 0 atom stereocenters. The van der Waals surface area contributed by atoms with E-state index in [4.69, 9.17) is 6.42 Å². The summed E-state index contributed by atoms with van der Waals surface area (Å²) in [7, 11) is 1.77. The van der Waals surface area contributed by atoms with Gasteiger partial charge in [-0.1, -0.05) is 18.8 Å². The molecule has 1 amide bonds. The lowest BCUT2D eigenvalue weighted by Gasteiger charge is -2.34. The van der Waals surface area contributed by atoms with E-state index in [0.717, 1.165) is 18.7 Å². The van der Waals surface area contributed by atoms with E-state index in [2.05, 4.69) is 42.9 Å². The minimum absolute atomic E-state index is 0.181. The van der Waals surface area contributed by atoms with Crippen molar-refractivity contribution in [1.29, 1.82) is 0 Å². The Balaban J connectivity index is 1.63. The van der Waals surface area contributed by atoms with Gasteiger partial charge in [-0.05, 0) is 30.7 Å². The Morgan fingerprint density at radius 1 is 1.08 bits per heavy atom. The molecular weight excluding hydrogens is 486 g/mol. The topological polar surface area (TPSA) is 74.2 Å². The molecule has 1 fully saturated rings. The number of rotatable bonds is 6. The van der Waals surface area contributed by atoms with Gasteiger partial charge in [0.15, 0.2) is 0 Å². The number of amides is 1. The van der Waals surface area contributed by atoms with Crippen LogP contribution in [0.4, 0.5) is 14.6 Å². The van der Waals surface area contributed by atoms with Crippen molar-refractivity contribution in [3.63, 3.8) is 0 Å². The Morgan fingerprint density at radius 3 is 2.42 bits per heavy atom. The van der Waals surface area contributed by atoms with Gasteiger partial charge in [0.2, 0.25) is 0 Å². The minimum atomic E-state index is -0.942. The standard InChI is InChI=1S/C29H28F2N6O/c1-4-6-11-36-12-14-37(15-13-36)29(38)27-23(30)16-21(17-24(27)31)28-22(25(5-2)34-19-35-28)9-7-20-8-10-26(32-3)33-18-20/h1,8,10,16-19H,5-6,11-15H2,2-3H3,(H,32,33). The first kappa shape index (κ1) is 26.7. The molecule has 0 spiro atoms. The average Bonchev–Trinajstić information content (AvgIpc) is 2.94. The van der Waals surface area contributed by atoms with Crippen molar-refractivity contribution in [2.45, 2.75) is 19.8 Å². The van der Waals surface area contributed by atoms with Crippen LogP contribution in [0.2, 0.25) is 0 Å². The minimum Gasteiger partial charge on any atom is -0.373 e. The third kappa shape index (κ3) is 5.96. The van der Waals surface area contributed by atoms with Crippen molar-refractivity contribution >= 4 is 11.7 Å². The van der Waals surface area contributed by atoms with Crippen LogP contribution in [0, 0.1) is 35.8 Å². The van der Waals surface area contributed by atoms with Gasteiger partial charge in [0, 0.05) is 63.5 Å². The molecule has 2 aromatic heterocycles. The van der Waals surface area contributed by atoms with Crippen molar-refractivity contribution in [1.82, 2.24) is 24.8 Å². The number of carbonyl (C=O) groups excluding carboxylic acids is 1. The van der Waals surface area contributed by atoms with E-state index < -0.39 is 23.1 Å². The summed E-state index contributed by atoms with van der Waals surface area (Å²) in [5.41, 5.74) is 1.68. The molecule has 38 heavy (non-hydrogen) atoms. The number of benzene rings is 1. The summed E-state index contributed by atoms with van der Waals surface area (Å²) in [4.78, 5) is 29.5. The van der Waals surface area contributed by atoms with E-state index in [0.29, 0.717) is 67.4 Å². The molecule has 0 unspecified atom stereocenters. The third-order valence-electron chi connectivity index (χ3n) is 6.37. The van der Waals surface area contributed by atoms with E-state index >= 15 is 8.78 Å². The molecular formula is C29H28F2N6O. The number of aryl methyl sites for hydroxylation is 1. The van der Waals surface area contributed by atoms with Gasteiger partial charge in [-0.25, -0.2) is 23.7 Å². The smallest absolute Gasteiger partial charge is 0.259 e. The van der Waals surface area contributed by atoms with Crippen LogP contribution in [0.15, 0.2) is 36.8 Å². The van der Waals surface area contributed by atoms with Crippen LogP contribution in [0.25, 0.3) is 11.3 Å². The van der Waals surface area contributed by atoms with Crippen LogP contribution < -0.4 is 5.32 Å². The predicted octanol–water partition coefficient (Wildman–Crippen LogP) is 3.60. The highest BCUT2D eigenvalue weighted by Gasteiger charge is 2.27. The van der Waals surface area contributed by atoms with E-state index in [1.165, 1.54) is 11.2 Å². The lowest BCUT2D eigenvalue weighted by atomic mass is 10.0. The summed E-state index contributed by atoms with van der Waals surface area (Å²) >= 11 is 0. The Labute approximate surface area is 221 Å². The van der Waals surface area contributed by atoms with Gasteiger partial charge in [0.25, 0.3) is 5.91 Å². The van der Waals surface area contributed by atoms with E-state index in [1.54, 1.807) is 19.3 Å². The molecule has 9 heteroatoms. The fraction of sp³-hybridized carbons (Fsp3) is 0.310. The van der Waals surface area contributed by atoms with Crippen molar-refractivity contribution in [2.24, 2.45) is 0 Å². The van der Waals surface area contributed by atoms with E-state index in [9.17, 15) is 4.79 Å². The van der Waals surface area contributed by atoms with Crippen molar-refractivity contribution in [2.75, 3.05) is 45.1 Å². The molecule has 1 aliphatic heterocycles. The molecule has 1 aromatic carbocycles. The molecule has 1 N–H and O–H groups in total. The van der Waals surface area contributed by atoms with Crippen LogP contribution in [0.1, 0.15) is 40.5 Å². The molecule has 0 aliphatic carbocycles. The van der Waals surface area contributed by atoms with Crippen LogP contribution in [-0.2, 0) is 6.42 Å². The van der Waals surface area contributed by atoms with Gasteiger partial charge in [-0.3, -0.25) is 9.69 Å². The first-order valence-corrected chi connectivity index (χ1v) is 12.4. The maximum atomic E-state index is 15.3. The highest BCUT2D eigenvalue weighted by atomic mass is 19.1. The largest absolute Gasteiger partial charge is 0.373 e. The maximum Gasteiger partial charge on any atom is 0.259 e. The first-order chi connectivity index (χ1) is 18.4. The Hall–Kier alpha value is -4.34. The number of nitrogens with one attached hydrogen (secondary N) is 1. The van der Waals surface area contributed by atoms with E-state index in [-0.39, 0.29) is 5.56 Å². The number of aromatic nitrogens is 3. The fourth-order valence-corrected chi connectivity index (χ4v) is 4.26. The van der Waals surface area contributed by atoms with Gasteiger partial charge in [-0.2, -0.15) is 0 Å². The van der Waals surface area contributed by atoms with Gasteiger partial charge >= 0.3 is 0 Å². The second kappa shape index (κ2) is 12.3. The highest BCUT2D eigenvalue weighted by molar-refractivity contribution is 5.95. The number of nitrogens with zero attached hydrogens (tertiary/aromatic N) is 5. The molecule has 3 heterocycles. The summed E-state index contributed by atoms with van der Waals surface area (Å²) < 4.78 is 30.5. The Kier molecular flexibility index (Phi) is 8.62. The second-order valence-electron chi connectivity index (χ2n) is 8.73. The van der Waals surface area contributed by atoms with Crippen LogP contribution in [0.5, 0.6) is 0 Å². The third-order valence-corrected chi connectivity index (χ3v) is 6.37. The number of halogens is 2. The van der Waals surface area contributed by atoms with Gasteiger partial charge in [-0.15, -0.1) is 12.3 Å². The van der Waals surface area contributed by atoms with E-state index in [1.807, 2.05) is 13.0 Å². The molecule has 1 aliphatic rings. The van der Waals surface area contributed by atoms with Crippen LogP contribution in [-0.4, -0.2) is 70.4 Å². The molecule has 3 aromatic rings. The highest BCUT2D eigenvalue weighted by Crippen LogP contribution is 2.28. The summed E-state index contributed by atoms with van der Waals surface area (Å²) in [6.45, 7) is 4.60. The Morgan fingerprint density at radius 2 is 1.82 bits per heavy atom. The molecule has 0 radical (unpaired) electrons. The summed E-state index contributed by atoms with van der Waals surface area (Å²) in [5, 5.41) is 2.94. The number of anilines is 1. The zero-order chi connectivity index (χ0) is 27.1. The molecule has 4 rings (SSSR count). The van der Waals surface area contributed by atoms with Crippen molar-refractivity contribution < 1.29 is 13.6 Å². The molecule has 0 saturated carbocycles. The lowest BCUT2D eigenvalue weighted by molar-refractivity contribution is 0.0630. The zero-order valence-electron chi connectivity index (χ0n) is 21.4. The van der Waals surface area contributed by atoms with Crippen LogP contribution >= 0.6 is 0 Å². The van der Waals surface area contributed by atoms with Gasteiger partial charge in [0.1, 0.15) is 29.3 Å².